The average Bonchev–Trinajstić information content (AvgIpc) is 2.66. The number of hydrogen-bond acceptors (Lipinski definition) is 4. The number of para-hydroxylation sites is 2. The highest BCUT2D eigenvalue weighted by Gasteiger charge is 2.11. The van der Waals surface area contributed by atoms with Crippen molar-refractivity contribution < 1.29 is 18.3 Å². The summed E-state index contributed by atoms with van der Waals surface area (Å²) in [5, 5.41) is 5.53. The summed E-state index contributed by atoms with van der Waals surface area (Å²) in [7, 11) is 0. The molecule has 0 radical (unpaired) electrons. The topological polar surface area (TPSA) is 63.2 Å². The molecule has 2 N–H and O–H groups in total. The molecule has 2 aromatic carbocycles. The van der Waals surface area contributed by atoms with Crippen molar-refractivity contribution in [1.82, 2.24) is 4.98 Å². The first kappa shape index (κ1) is 18.3. The Labute approximate surface area is 155 Å². The molecule has 0 aliphatic heterocycles. The summed E-state index contributed by atoms with van der Waals surface area (Å²) >= 11 is 0. The van der Waals surface area contributed by atoms with Gasteiger partial charge in [-0.25, -0.2) is 13.8 Å². The van der Waals surface area contributed by atoms with Gasteiger partial charge in [-0.3, -0.25) is 4.79 Å². The summed E-state index contributed by atoms with van der Waals surface area (Å²) in [5.41, 5.74) is 1.31. The summed E-state index contributed by atoms with van der Waals surface area (Å²) in [4.78, 5) is 16.5. The number of hydrogen-bond donors (Lipinski definition) is 2. The van der Waals surface area contributed by atoms with Gasteiger partial charge in [0.25, 0.3) is 5.91 Å². The molecule has 27 heavy (non-hydrogen) atoms. The molecule has 7 heteroatoms. The summed E-state index contributed by atoms with van der Waals surface area (Å²) < 4.78 is 32.1. The maximum absolute atomic E-state index is 13.7. The normalized spacial score (nSPS) is 10.3. The second-order valence-electron chi connectivity index (χ2n) is 5.56. The van der Waals surface area contributed by atoms with E-state index in [4.69, 9.17) is 4.74 Å². The van der Waals surface area contributed by atoms with E-state index in [0.29, 0.717) is 23.7 Å². The molecule has 0 fully saturated rings. The fraction of sp³-hybridized carbons (Fsp3) is 0.100. The molecule has 0 saturated carbocycles. The van der Waals surface area contributed by atoms with Crippen molar-refractivity contribution in [2.24, 2.45) is 0 Å². The number of carbonyl (C=O) groups excluding carboxylic acids is 1. The smallest absolute Gasteiger partial charge is 0.274 e. The zero-order valence-electron chi connectivity index (χ0n) is 14.5. The van der Waals surface area contributed by atoms with Crippen molar-refractivity contribution in [2.45, 2.75) is 6.92 Å². The molecule has 3 aromatic rings. The van der Waals surface area contributed by atoms with Crippen LogP contribution in [0, 0.1) is 11.6 Å². The van der Waals surface area contributed by atoms with Crippen LogP contribution < -0.4 is 15.4 Å². The minimum absolute atomic E-state index is 0.112. The van der Waals surface area contributed by atoms with Gasteiger partial charge in [0.2, 0.25) is 0 Å². The Kier molecular flexibility index (Phi) is 5.61. The van der Waals surface area contributed by atoms with Gasteiger partial charge in [-0.1, -0.05) is 12.1 Å². The van der Waals surface area contributed by atoms with E-state index in [0.717, 1.165) is 12.1 Å². The van der Waals surface area contributed by atoms with Crippen molar-refractivity contribution >= 4 is 23.0 Å². The maximum atomic E-state index is 13.7. The first-order valence-corrected chi connectivity index (χ1v) is 8.28. The van der Waals surface area contributed by atoms with Crippen LogP contribution in [0.3, 0.4) is 0 Å². The predicted molar refractivity (Wildman–Crippen MR) is 99.4 cm³/mol. The van der Waals surface area contributed by atoms with Gasteiger partial charge >= 0.3 is 0 Å². The quantitative estimate of drug-likeness (QED) is 0.658. The summed E-state index contributed by atoms with van der Waals surface area (Å²) in [5.74, 6) is -1.21. The van der Waals surface area contributed by atoms with E-state index < -0.39 is 17.5 Å². The van der Waals surface area contributed by atoms with Gasteiger partial charge in [0.05, 0.1) is 29.9 Å². The van der Waals surface area contributed by atoms with Crippen LogP contribution in [-0.4, -0.2) is 17.5 Å². The van der Waals surface area contributed by atoms with E-state index in [1.807, 2.05) is 13.0 Å². The third-order valence-electron chi connectivity index (χ3n) is 3.64. The summed E-state index contributed by atoms with van der Waals surface area (Å²) in [6.45, 7) is 2.33. The van der Waals surface area contributed by atoms with E-state index in [9.17, 15) is 13.6 Å². The zero-order chi connectivity index (χ0) is 19.2. The first-order chi connectivity index (χ1) is 13.1. The highest BCUT2D eigenvalue weighted by atomic mass is 19.1. The lowest BCUT2D eigenvalue weighted by Crippen LogP contribution is -2.14. The van der Waals surface area contributed by atoms with Crippen LogP contribution in [0.25, 0.3) is 0 Å². The molecular formula is C20H17F2N3O2. The fourth-order valence-corrected chi connectivity index (χ4v) is 2.39. The first-order valence-electron chi connectivity index (χ1n) is 8.28. The third kappa shape index (κ3) is 4.58. The van der Waals surface area contributed by atoms with E-state index >= 15 is 0 Å². The minimum Gasteiger partial charge on any atom is -0.492 e. The fourth-order valence-electron chi connectivity index (χ4n) is 2.39. The SMILES string of the molecule is CCOc1ccccc1NC(=O)c1ccc(Nc2ccc(F)cc2F)cn1. The number of rotatable bonds is 6. The summed E-state index contributed by atoms with van der Waals surface area (Å²) in [6.07, 6.45) is 1.39. The van der Waals surface area contributed by atoms with Crippen molar-refractivity contribution in [3.63, 3.8) is 0 Å². The molecule has 0 spiro atoms. The van der Waals surface area contributed by atoms with Crippen LogP contribution in [0.2, 0.25) is 0 Å². The molecule has 1 amide bonds. The Morgan fingerprint density at radius 1 is 1.07 bits per heavy atom. The maximum Gasteiger partial charge on any atom is 0.274 e. The highest BCUT2D eigenvalue weighted by Crippen LogP contribution is 2.24. The number of amides is 1. The highest BCUT2D eigenvalue weighted by molar-refractivity contribution is 6.03. The van der Waals surface area contributed by atoms with Crippen molar-refractivity contribution in [1.29, 1.82) is 0 Å². The van der Waals surface area contributed by atoms with Gasteiger partial charge in [-0.15, -0.1) is 0 Å². The molecule has 0 atom stereocenters. The molecule has 3 rings (SSSR count). The lowest BCUT2D eigenvalue weighted by molar-refractivity contribution is 0.102. The number of ether oxygens (including phenoxy) is 1. The molecule has 0 saturated heterocycles. The molecule has 1 heterocycles. The van der Waals surface area contributed by atoms with Crippen LogP contribution in [0.5, 0.6) is 5.75 Å². The predicted octanol–water partition coefficient (Wildman–Crippen LogP) is 4.75. The molecule has 1 aromatic heterocycles. The molecule has 0 bridgehead atoms. The number of halogens is 2. The standard InChI is InChI=1S/C20H17F2N3O2/c1-2-27-19-6-4-3-5-17(19)25-20(26)18-10-8-14(12-23-18)24-16-9-7-13(21)11-15(16)22/h3-12,24H,2H2,1H3,(H,25,26). The number of nitrogens with one attached hydrogen (secondary N) is 2. The van der Waals surface area contributed by atoms with Crippen LogP contribution in [0.1, 0.15) is 17.4 Å². The van der Waals surface area contributed by atoms with Gasteiger partial charge in [0.1, 0.15) is 23.1 Å². The van der Waals surface area contributed by atoms with Crippen LogP contribution in [-0.2, 0) is 0 Å². The average molecular weight is 369 g/mol. The Hall–Kier alpha value is -3.48. The Balaban J connectivity index is 1.70. The monoisotopic (exact) mass is 369 g/mol. The van der Waals surface area contributed by atoms with Crippen LogP contribution in [0.15, 0.2) is 60.8 Å². The number of anilines is 3. The third-order valence-corrected chi connectivity index (χ3v) is 3.64. The molecule has 0 unspecified atom stereocenters. The Bertz CT molecular complexity index is 946. The van der Waals surface area contributed by atoms with E-state index in [2.05, 4.69) is 15.6 Å². The summed E-state index contributed by atoms with van der Waals surface area (Å²) in [6, 6.07) is 13.4. The lowest BCUT2D eigenvalue weighted by Gasteiger charge is -2.11. The van der Waals surface area contributed by atoms with Crippen molar-refractivity contribution in [2.75, 3.05) is 17.2 Å². The number of carbonyl (C=O) groups is 1. The van der Waals surface area contributed by atoms with Gasteiger partial charge in [-0.2, -0.15) is 0 Å². The number of pyridine rings is 1. The number of aromatic nitrogens is 1. The van der Waals surface area contributed by atoms with Crippen molar-refractivity contribution in [3.05, 3.63) is 78.1 Å². The largest absolute Gasteiger partial charge is 0.492 e. The van der Waals surface area contributed by atoms with Crippen LogP contribution in [0.4, 0.5) is 25.8 Å². The van der Waals surface area contributed by atoms with Gasteiger partial charge in [0.15, 0.2) is 0 Å². The second-order valence-corrected chi connectivity index (χ2v) is 5.56. The molecule has 0 aliphatic rings. The Morgan fingerprint density at radius 2 is 1.89 bits per heavy atom. The van der Waals surface area contributed by atoms with E-state index in [-0.39, 0.29) is 11.4 Å². The Morgan fingerprint density at radius 3 is 2.59 bits per heavy atom. The molecule has 5 nitrogen and oxygen atoms in total. The number of benzene rings is 2. The second kappa shape index (κ2) is 8.27. The minimum atomic E-state index is -0.718. The van der Waals surface area contributed by atoms with E-state index in [1.165, 1.54) is 18.3 Å². The van der Waals surface area contributed by atoms with Gasteiger partial charge in [0, 0.05) is 6.07 Å². The van der Waals surface area contributed by atoms with Gasteiger partial charge in [-0.05, 0) is 43.3 Å². The molecular weight excluding hydrogens is 352 g/mol. The van der Waals surface area contributed by atoms with Crippen molar-refractivity contribution in [3.8, 4) is 5.75 Å². The van der Waals surface area contributed by atoms with Crippen LogP contribution >= 0.6 is 0 Å². The van der Waals surface area contributed by atoms with Gasteiger partial charge < -0.3 is 15.4 Å². The molecule has 138 valence electrons. The number of nitrogens with zero attached hydrogens (tertiary/aromatic N) is 1. The lowest BCUT2D eigenvalue weighted by atomic mass is 10.2. The molecule has 0 aliphatic carbocycles. The zero-order valence-corrected chi connectivity index (χ0v) is 14.5. The van der Waals surface area contributed by atoms with E-state index in [1.54, 1.807) is 24.3 Å².